The maximum Gasteiger partial charge on any atom is 0.416 e. The molecule has 8 heteroatoms. The third kappa shape index (κ3) is 5.37. The van der Waals surface area contributed by atoms with Crippen molar-refractivity contribution < 1.29 is 22.8 Å². The summed E-state index contributed by atoms with van der Waals surface area (Å²) < 4.78 is 39.4. The Labute approximate surface area is 174 Å². The van der Waals surface area contributed by atoms with Crippen LogP contribution in [0.15, 0.2) is 36.4 Å². The molecule has 1 N–H and O–H groups in total. The number of carbonyl (C=O) groups is 2. The van der Waals surface area contributed by atoms with Crippen LogP contribution in [0.5, 0.6) is 0 Å². The largest absolute Gasteiger partial charge is 0.416 e. The molecule has 0 aliphatic heterocycles. The first-order valence-corrected chi connectivity index (χ1v) is 9.39. The maximum absolute atomic E-state index is 13.1. The van der Waals surface area contributed by atoms with Gasteiger partial charge in [0.05, 0.1) is 22.9 Å². The summed E-state index contributed by atoms with van der Waals surface area (Å²) in [5, 5.41) is 2.84. The van der Waals surface area contributed by atoms with Gasteiger partial charge in [0, 0.05) is 14.1 Å². The van der Waals surface area contributed by atoms with Crippen LogP contribution in [0.4, 0.5) is 13.2 Å². The second-order valence-electron chi connectivity index (χ2n) is 8.42. The summed E-state index contributed by atoms with van der Waals surface area (Å²) in [5.41, 5.74) is -0.145. The second-order valence-corrected chi connectivity index (χ2v) is 8.42. The van der Waals surface area contributed by atoms with Gasteiger partial charge >= 0.3 is 6.18 Å². The number of nitrogens with zero attached hydrogens (tertiary/aromatic N) is 2. The number of aromatic nitrogens is 1. The van der Waals surface area contributed by atoms with Crippen LogP contribution < -0.4 is 5.32 Å². The molecule has 1 atom stereocenters. The molecule has 0 aliphatic carbocycles. The molecule has 1 aromatic heterocycles. The van der Waals surface area contributed by atoms with Crippen molar-refractivity contribution in [3.05, 3.63) is 64.5 Å². The zero-order chi connectivity index (χ0) is 22.9. The van der Waals surface area contributed by atoms with E-state index in [0.29, 0.717) is 11.3 Å². The van der Waals surface area contributed by atoms with Crippen LogP contribution in [0, 0.1) is 12.3 Å². The lowest BCUT2D eigenvalue weighted by atomic mass is 9.81. The van der Waals surface area contributed by atoms with Gasteiger partial charge in [-0.2, -0.15) is 13.2 Å². The summed E-state index contributed by atoms with van der Waals surface area (Å²) in [6.07, 6.45) is -4.47. The number of halogens is 3. The highest BCUT2D eigenvalue weighted by Gasteiger charge is 2.34. The van der Waals surface area contributed by atoms with E-state index in [-0.39, 0.29) is 17.2 Å². The van der Waals surface area contributed by atoms with Gasteiger partial charge in [-0.15, -0.1) is 0 Å². The third-order valence-electron chi connectivity index (χ3n) is 4.64. The third-order valence-corrected chi connectivity index (χ3v) is 4.64. The molecule has 5 nitrogen and oxygen atoms in total. The van der Waals surface area contributed by atoms with E-state index >= 15 is 0 Å². The van der Waals surface area contributed by atoms with Gasteiger partial charge in [0.15, 0.2) is 0 Å². The molecule has 0 spiro atoms. The maximum atomic E-state index is 13.1. The van der Waals surface area contributed by atoms with Crippen LogP contribution in [0.25, 0.3) is 0 Å². The number of carbonyl (C=O) groups excluding carboxylic acids is 2. The van der Waals surface area contributed by atoms with Crippen molar-refractivity contribution >= 4 is 11.8 Å². The minimum Gasteiger partial charge on any atom is -0.345 e. The fourth-order valence-electron chi connectivity index (χ4n) is 3.05. The molecular weight excluding hydrogens is 395 g/mol. The van der Waals surface area contributed by atoms with E-state index in [9.17, 15) is 22.8 Å². The lowest BCUT2D eigenvalue weighted by molar-refractivity contribution is -0.137. The van der Waals surface area contributed by atoms with Crippen LogP contribution in [-0.2, 0) is 6.18 Å². The lowest BCUT2D eigenvalue weighted by Crippen LogP contribution is -2.37. The molecule has 30 heavy (non-hydrogen) atoms. The Morgan fingerprint density at radius 2 is 1.70 bits per heavy atom. The smallest absolute Gasteiger partial charge is 0.345 e. The Morgan fingerprint density at radius 3 is 2.20 bits per heavy atom. The first kappa shape index (κ1) is 23.4. The Morgan fingerprint density at radius 1 is 1.07 bits per heavy atom. The molecular formula is C22H26F3N3O2. The second kappa shape index (κ2) is 8.45. The Kier molecular flexibility index (Phi) is 6.59. The first-order valence-electron chi connectivity index (χ1n) is 9.39. The number of hydrogen-bond acceptors (Lipinski definition) is 3. The van der Waals surface area contributed by atoms with Crippen molar-refractivity contribution in [1.82, 2.24) is 15.2 Å². The van der Waals surface area contributed by atoms with E-state index in [1.807, 2.05) is 20.8 Å². The topological polar surface area (TPSA) is 62.3 Å². The molecule has 1 heterocycles. The number of benzene rings is 1. The molecule has 162 valence electrons. The number of amides is 2. The molecule has 0 bridgehead atoms. The average molecular weight is 421 g/mol. The van der Waals surface area contributed by atoms with Crippen molar-refractivity contribution in [2.75, 3.05) is 14.1 Å². The first-order chi connectivity index (χ1) is 13.7. The van der Waals surface area contributed by atoms with Crippen LogP contribution >= 0.6 is 0 Å². The van der Waals surface area contributed by atoms with Gasteiger partial charge in [-0.05, 0) is 42.2 Å². The number of nitrogens with one attached hydrogen (secondary N) is 1. The van der Waals surface area contributed by atoms with Crippen molar-refractivity contribution in [3.63, 3.8) is 0 Å². The van der Waals surface area contributed by atoms with E-state index in [1.165, 1.54) is 23.1 Å². The van der Waals surface area contributed by atoms with Gasteiger partial charge in [-0.3, -0.25) is 9.59 Å². The van der Waals surface area contributed by atoms with Gasteiger partial charge in [-0.25, -0.2) is 4.98 Å². The fourth-order valence-corrected chi connectivity index (χ4v) is 3.05. The molecule has 1 unspecified atom stereocenters. The molecule has 0 fully saturated rings. The highest BCUT2D eigenvalue weighted by Crippen LogP contribution is 2.36. The number of rotatable bonds is 4. The predicted octanol–water partition coefficient (Wildman–Crippen LogP) is 4.63. The van der Waals surface area contributed by atoms with Crippen LogP contribution in [0.1, 0.15) is 64.5 Å². The minimum absolute atomic E-state index is 0.208. The average Bonchev–Trinajstić information content (AvgIpc) is 2.63. The SMILES string of the molecule is Cc1nc(C(=O)N(C)C)ccc1C(=O)NC(c1cccc(C(F)(F)F)c1)C(C)(C)C. The highest BCUT2D eigenvalue weighted by molar-refractivity contribution is 5.97. The zero-order valence-electron chi connectivity index (χ0n) is 17.9. The molecule has 0 saturated heterocycles. The summed E-state index contributed by atoms with van der Waals surface area (Å²) >= 11 is 0. The van der Waals surface area contributed by atoms with Crippen LogP contribution in [0.2, 0.25) is 0 Å². The lowest BCUT2D eigenvalue weighted by Gasteiger charge is -2.32. The standard InChI is InChI=1S/C22H26F3N3O2/c1-13-16(10-11-17(26-13)20(30)28(5)6)19(29)27-18(21(2,3)4)14-8-7-9-15(12-14)22(23,24)25/h7-12,18H,1-6H3,(H,27,29). The van der Waals surface area contributed by atoms with Crippen LogP contribution in [0.3, 0.4) is 0 Å². The number of hydrogen-bond donors (Lipinski definition) is 1. The molecule has 2 aromatic rings. The summed E-state index contributed by atoms with van der Waals surface area (Å²) in [6, 6.07) is 7.24. The van der Waals surface area contributed by atoms with Gasteiger partial charge in [-0.1, -0.05) is 32.9 Å². The van der Waals surface area contributed by atoms with Gasteiger partial charge < -0.3 is 10.2 Å². The van der Waals surface area contributed by atoms with Gasteiger partial charge in [0.2, 0.25) is 0 Å². The Bertz CT molecular complexity index is 947. The van der Waals surface area contributed by atoms with E-state index in [0.717, 1.165) is 12.1 Å². The molecule has 1 aromatic carbocycles. The molecule has 2 rings (SSSR count). The molecule has 0 saturated carbocycles. The van der Waals surface area contributed by atoms with E-state index in [4.69, 9.17) is 0 Å². The van der Waals surface area contributed by atoms with Crippen molar-refractivity contribution in [1.29, 1.82) is 0 Å². The van der Waals surface area contributed by atoms with Crippen molar-refractivity contribution in [2.45, 2.75) is 39.9 Å². The predicted molar refractivity (Wildman–Crippen MR) is 108 cm³/mol. The number of alkyl halides is 3. The summed E-state index contributed by atoms with van der Waals surface area (Å²) in [5.74, 6) is -0.761. The monoisotopic (exact) mass is 421 g/mol. The summed E-state index contributed by atoms with van der Waals surface area (Å²) in [7, 11) is 3.20. The summed E-state index contributed by atoms with van der Waals surface area (Å²) in [6.45, 7) is 7.12. The Hall–Kier alpha value is -2.90. The fraction of sp³-hybridized carbons (Fsp3) is 0.409. The molecule has 0 aliphatic rings. The van der Waals surface area contributed by atoms with Gasteiger partial charge in [0.25, 0.3) is 11.8 Å². The summed E-state index contributed by atoms with van der Waals surface area (Å²) in [4.78, 5) is 30.6. The van der Waals surface area contributed by atoms with Gasteiger partial charge in [0.1, 0.15) is 5.69 Å². The minimum atomic E-state index is -4.47. The zero-order valence-corrected chi connectivity index (χ0v) is 17.9. The quantitative estimate of drug-likeness (QED) is 0.783. The number of pyridine rings is 1. The highest BCUT2D eigenvalue weighted by atomic mass is 19.4. The normalized spacial score (nSPS) is 13.0. The number of aryl methyl sites for hydroxylation is 1. The molecule has 0 radical (unpaired) electrons. The Balaban J connectivity index is 2.37. The van der Waals surface area contributed by atoms with E-state index in [2.05, 4.69) is 10.3 Å². The molecule has 2 amide bonds. The van der Waals surface area contributed by atoms with Crippen LogP contribution in [-0.4, -0.2) is 35.8 Å². The van der Waals surface area contributed by atoms with E-state index in [1.54, 1.807) is 27.1 Å². The van der Waals surface area contributed by atoms with E-state index < -0.39 is 29.1 Å². The van der Waals surface area contributed by atoms with Crippen molar-refractivity contribution in [2.24, 2.45) is 5.41 Å². The van der Waals surface area contributed by atoms with Crippen molar-refractivity contribution in [3.8, 4) is 0 Å².